The molecule has 1 N–H and O–H groups in total. The lowest BCUT2D eigenvalue weighted by Crippen LogP contribution is -2.09. The average molecular weight is 358 g/mol. The molecule has 0 aliphatic carbocycles. The second-order valence-electron chi connectivity index (χ2n) is 6.61. The van der Waals surface area contributed by atoms with E-state index in [9.17, 15) is 0 Å². The lowest BCUT2D eigenvalue weighted by Gasteiger charge is -2.12. The van der Waals surface area contributed by atoms with Crippen molar-refractivity contribution < 1.29 is 0 Å². The van der Waals surface area contributed by atoms with E-state index in [2.05, 4.69) is 50.5 Å². The number of hydrogen-bond donors (Lipinski definition) is 1. The number of hydrogen-bond acceptors (Lipinski definition) is 5. The number of rotatable bonds is 6. The molecule has 0 saturated carbocycles. The molecule has 27 heavy (non-hydrogen) atoms. The molecule has 0 aliphatic heterocycles. The lowest BCUT2D eigenvalue weighted by atomic mass is 10.1. The number of aromatic nitrogens is 4. The predicted molar refractivity (Wildman–Crippen MR) is 109 cm³/mol. The highest BCUT2D eigenvalue weighted by Gasteiger charge is 2.08. The second-order valence-corrected chi connectivity index (χ2v) is 6.61. The Kier molecular flexibility index (Phi) is 4.70. The summed E-state index contributed by atoms with van der Waals surface area (Å²) in [6.07, 6.45) is 6.45. The Hall–Kier alpha value is -3.41. The number of pyridine rings is 1. The van der Waals surface area contributed by atoms with Crippen molar-refractivity contribution in [3.63, 3.8) is 0 Å². The Morgan fingerprint density at radius 2 is 1.85 bits per heavy atom. The van der Waals surface area contributed by atoms with Gasteiger partial charge in [-0.1, -0.05) is 18.2 Å². The molecule has 136 valence electrons. The lowest BCUT2D eigenvalue weighted by molar-refractivity contribution is 0.918. The highest BCUT2D eigenvalue weighted by molar-refractivity contribution is 5.66. The first-order chi connectivity index (χ1) is 13.2. The summed E-state index contributed by atoms with van der Waals surface area (Å²) in [4.78, 5) is 10.7. The fraction of sp³-hybridized carbons (Fsp3) is 0.190. The monoisotopic (exact) mass is 358 g/mol. The molecule has 6 nitrogen and oxygen atoms in total. The fourth-order valence-electron chi connectivity index (χ4n) is 2.98. The van der Waals surface area contributed by atoms with Gasteiger partial charge < -0.3 is 10.2 Å². The first-order valence-electron chi connectivity index (χ1n) is 8.96. The van der Waals surface area contributed by atoms with Gasteiger partial charge in [0, 0.05) is 44.3 Å². The summed E-state index contributed by atoms with van der Waals surface area (Å²) in [5.41, 5.74) is 5.27. The summed E-state index contributed by atoms with van der Waals surface area (Å²) in [5, 5.41) is 8.10. The van der Waals surface area contributed by atoms with Crippen LogP contribution < -0.4 is 10.2 Å². The molecular formula is C21H22N6. The minimum atomic E-state index is 0.797. The molecule has 0 spiro atoms. The third-order valence-corrected chi connectivity index (χ3v) is 4.48. The van der Waals surface area contributed by atoms with Crippen molar-refractivity contribution >= 4 is 17.2 Å². The van der Waals surface area contributed by atoms with E-state index in [1.165, 1.54) is 11.3 Å². The molecule has 0 amide bonds. The van der Waals surface area contributed by atoms with Gasteiger partial charge in [-0.15, -0.1) is 5.10 Å². The van der Waals surface area contributed by atoms with Gasteiger partial charge >= 0.3 is 0 Å². The van der Waals surface area contributed by atoms with Crippen molar-refractivity contribution in [3.8, 4) is 11.3 Å². The van der Waals surface area contributed by atoms with Crippen molar-refractivity contribution in [3.05, 3.63) is 72.7 Å². The van der Waals surface area contributed by atoms with Crippen molar-refractivity contribution in [1.82, 2.24) is 19.6 Å². The van der Waals surface area contributed by atoms with Gasteiger partial charge in [-0.25, -0.2) is 9.50 Å². The van der Waals surface area contributed by atoms with E-state index in [-0.39, 0.29) is 0 Å². The van der Waals surface area contributed by atoms with Crippen molar-refractivity contribution in [2.75, 3.05) is 30.9 Å². The minimum Gasteiger partial charge on any atom is -0.378 e. The summed E-state index contributed by atoms with van der Waals surface area (Å²) in [7, 11) is 4.07. The Bertz CT molecular complexity index is 1020. The molecule has 0 aliphatic rings. The van der Waals surface area contributed by atoms with E-state index in [0.29, 0.717) is 0 Å². The molecule has 0 fully saturated rings. The number of nitrogens with zero attached hydrogens (tertiary/aromatic N) is 5. The summed E-state index contributed by atoms with van der Waals surface area (Å²) in [6, 6.07) is 16.4. The van der Waals surface area contributed by atoms with E-state index in [1.54, 1.807) is 6.20 Å². The molecule has 1 aromatic carbocycles. The third-order valence-electron chi connectivity index (χ3n) is 4.48. The van der Waals surface area contributed by atoms with Crippen molar-refractivity contribution in [2.24, 2.45) is 0 Å². The number of imidazole rings is 1. The van der Waals surface area contributed by atoms with E-state index in [1.807, 2.05) is 49.2 Å². The van der Waals surface area contributed by atoms with E-state index in [4.69, 9.17) is 5.10 Å². The van der Waals surface area contributed by atoms with Gasteiger partial charge in [0.2, 0.25) is 0 Å². The van der Waals surface area contributed by atoms with Crippen LogP contribution in [0.5, 0.6) is 0 Å². The molecule has 6 heteroatoms. The maximum absolute atomic E-state index is 4.72. The van der Waals surface area contributed by atoms with Crippen LogP contribution in [0.3, 0.4) is 0 Å². The summed E-state index contributed by atoms with van der Waals surface area (Å²) < 4.78 is 1.89. The summed E-state index contributed by atoms with van der Waals surface area (Å²) >= 11 is 0. The molecule has 4 aromatic rings. The quantitative estimate of drug-likeness (QED) is 0.572. The van der Waals surface area contributed by atoms with Crippen LogP contribution >= 0.6 is 0 Å². The first kappa shape index (κ1) is 17.0. The largest absolute Gasteiger partial charge is 0.378 e. The Labute approximate surface area is 158 Å². The van der Waals surface area contributed by atoms with Gasteiger partial charge in [0.15, 0.2) is 5.65 Å². The van der Waals surface area contributed by atoms with Crippen LogP contribution in [0, 0.1) is 0 Å². The van der Waals surface area contributed by atoms with Gasteiger partial charge in [-0.05, 0) is 42.3 Å². The average Bonchev–Trinajstić information content (AvgIpc) is 3.12. The SMILES string of the molecule is CN(C)c1ccc(-c2cnc3ccc(NCCc4cccnc4)nn23)cc1. The molecular weight excluding hydrogens is 336 g/mol. The van der Waals surface area contributed by atoms with Crippen molar-refractivity contribution in [2.45, 2.75) is 6.42 Å². The fourth-order valence-corrected chi connectivity index (χ4v) is 2.98. The van der Waals surface area contributed by atoms with Crippen LogP contribution in [0.2, 0.25) is 0 Å². The van der Waals surface area contributed by atoms with Gasteiger partial charge in [-0.2, -0.15) is 0 Å². The number of nitrogens with one attached hydrogen (secondary N) is 1. The zero-order chi connectivity index (χ0) is 18.6. The molecule has 0 unspecified atom stereocenters. The van der Waals surface area contributed by atoms with Gasteiger partial charge in [0.05, 0.1) is 11.9 Å². The maximum Gasteiger partial charge on any atom is 0.154 e. The standard InChI is InChI=1S/C21H22N6/c1-26(2)18-7-5-17(6-8-18)19-15-24-21-10-9-20(25-27(19)21)23-13-11-16-4-3-12-22-14-16/h3-10,12,14-15H,11,13H2,1-2H3,(H,23,25). The molecule has 0 saturated heterocycles. The van der Waals surface area contributed by atoms with Gasteiger partial charge in [0.25, 0.3) is 0 Å². The van der Waals surface area contributed by atoms with Gasteiger partial charge in [0.1, 0.15) is 5.82 Å². The zero-order valence-electron chi connectivity index (χ0n) is 15.5. The molecule has 3 heterocycles. The van der Waals surface area contributed by atoms with E-state index >= 15 is 0 Å². The molecule has 3 aromatic heterocycles. The zero-order valence-corrected chi connectivity index (χ0v) is 15.5. The van der Waals surface area contributed by atoms with Crippen molar-refractivity contribution in [1.29, 1.82) is 0 Å². The number of anilines is 2. The first-order valence-corrected chi connectivity index (χ1v) is 8.96. The van der Waals surface area contributed by atoms with E-state index in [0.717, 1.165) is 35.7 Å². The van der Waals surface area contributed by atoms with Crippen LogP contribution in [-0.2, 0) is 6.42 Å². The van der Waals surface area contributed by atoms with Gasteiger partial charge in [-0.3, -0.25) is 4.98 Å². The van der Waals surface area contributed by atoms with Crippen LogP contribution in [0.1, 0.15) is 5.56 Å². The van der Waals surface area contributed by atoms with E-state index < -0.39 is 0 Å². The van der Waals surface area contributed by atoms with Crippen LogP contribution in [0.4, 0.5) is 11.5 Å². The smallest absolute Gasteiger partial charge is 0.154 e. The topological polar surface area (TPSA) is 58.4 Å². The minimum absolute atomic E-state index is 0.797. The van der Waals surface area contributed by atoms with Crippen LogP contribution in [0.25, 0.3) is 16.9 Å². The highest BCUT2D eigenvalue weighted by Crippen LogP contribution is 2.23. The Morgan fingerprint density at radius 3 is 2.59 bits per heavy atom. The van der Waals surface area contributed by atoms with Crippen LogP contribution in [0.15, 0.2) is 67.1 Å². The van der Waals surface area contributed by atoms with Crippen LogP contribution in [-0.4, -0.2) is 40.2 Å². The normalized spacial score (nSPS) is 10.9. The third kappa shape index (κ3) is 3.74. The molecule has 4 rings (SSSR count). The number of benzene rings is 1. The summed E-state index contributed by atoms with van der Waals surface area (Å²) in [5.74, 6) is 0.829. The summed E-state index contributed by atoms with van der Waals surface area (Å²) in [6.45, 7) is 0.797. The second kappa shape index (κ2) is 7.45. The highest BCUT2D eigenvalue weighted by atomic mass is 15.3. The molecule has 0 radical (unpaired) electrons. The Morgan fingerprint density at radius 1 is 1.00 bits per heavy atom. The molecule has 0 bridgehead atoms. The molecule has 0 atom stereocenters. The number of fused-ring (bicyclic) bond motifs is 1. The predicted octanol–water partition coefficient (Wildman–Crippen LogP) is 3.51. The maximum atomic E-state index is 4.72. The Balaban J connectivity index is 1.54.